The summed E-state index contributed by atoms with van der Waals surface area (Å²) in [6.07, 6.45) is 1.48. The topological polar surface area (TPSA) is 90.5 Å². The molecule has 8 heteroatoms. The number of anilines is 1. The Labute approximate surface area is 177 Å². The lowest BCUT2D eigenvalue weighted by atomic mass is 10.1. The van der Waals surface area contributed by atoms with Crippen molar-refractivity contribution < 1.29 is 4.79 Å². The molecule has 1 amide bonds. The molecule has 2 aromatic heterocycles. The van der Waals surface area contributed by atoms with E-state index in [-0.39, 0.29) is 5.91 Å². The maximum absolute atomic E-state index is 13.1. The lowest BCUT2D eigenvalue weighted by Crippen LogP contribution is -2.15. The van der Waals surface area contributed by atoms with Gasteiger partial charge >= 0.3 is 0 Å². The number of tetrazole rings is 1. The first-order valence-electron chi connectivity index (χ1n) is 9.64. The monoisotopic (exact) mass is 407 g/mol. The average molecular weight is 407 g/mol. The van der Waals surface area contributed by atoms with Crippen LogP contribution in [0.1, 0.15) is 10.4 Å². The van der Waals surface area contributed by atoms with E-state index in [2.05, 4.69) is 20.8 Å². The Morgan fingerprint density at radius 3 is 2.29 bits per heavy atom. The van der Waals surface area contributed by atoms with Crippen LogP contribution in [0, 0.1) is 0 Å². The van der Waals surface area contributed by atoms with Crippen LogP contribution in [-0.2, 0) is 0 Å². The molecule has 8 nitrogen and oxygen atoms in total. The fraction of sp³-hybridized carbons (Fsp3) is 0. The van der Waals surface area contributed by atoms with Gasteiger partial charge in [-0.05, 0) is 40.8 Å². The van der Waals surface area contributed by atoms with Gasteiger partial charge < -0.3 is 5.32 Å². The Morgan fingerprint density at radius 2 is 1.55 bits per heavy atom. The number of nitrogens with one attached hydrogen (secondary N) is 1. The molecule has 0 atom stereocenters. The highest BCUT2D eigenvalue weighted by atomic mass is 16.1. The van der Waals surface area contributed by atoms with Crippen molar-refractivity contribution in [2.45, 2.75) is 0 Å². The number of benzene rings is 3. The molecule has 0 radical (unpaired) electrons. The van der Waals surface area contributed by atoms with Gasteiger partial charge in [0, 0.05) is 17.2 Å². The Balaban J connectivity index is 1.50. The second kappa shape index (κ2) is 8.03. The van der Waals surface area contributed by atoms with Crippen molar-refractivity contribution >= 4 is 11.7 Å². The van der Waals surface area contributed by atoms with E-state index in [4.69, 9.17) is 5.10 Å². The summed E-state index contributed by atoms with van der Waals surface area (Å²) in [5.41, 5.74) is 3.76. The minimum Gasteiger partial charge on any atom is -0.306 e. The largest absolute Gasteiger partial charge is 0.306 e. The second-order valence-corrected chi connectivity index (χ2v) is 6.79. The standard InChI is InChI=1S/C23H17N7O/c31-23(18-10-7-13-20(14-18)29-16-24-27-28-29)25-22-15-21(17-8-3-1-4-9-17)26-30(22)19-11-5-2-6-12-19/h1-16H,(H,25,31). The lowest BCUT2D eigenvalue weighted by Gasteiger charge is -2.09. The van der Waals surface area contributed by atoms with Crippen LogP contribution in [0.2, 0.25) is 0 Å². The molecule has 0 aliphatic heterocycles. The highest BCUT2D eigenvalue weighted by molar-refractivity contribution is 6.04. The van der Waals surface area contributed by atoms with Gasteiger partial charge in [-0.3, -0.25) is 4.79 Å². The van der Waals surface area contributed by atoms with E-state index in [1.54, 1.807) is 22.9 Å². The highest BCUT2D eigenvalue weighted by Gasteiger charge is 2.15. The number of rotatable bonds is 5. The summed E-state index contributed by atoms with van der Waals surface area (Å²) >= 11 is 0. The van der Waals surface area contributed by atoms with Gasteiger partial charge in [-0.1, -0.05) is 54.6 Å². The summed E-state index contributed by atoms with van der Waals surface area (Å²) in [4.78, 5) is 13.1. The molecule has 0 saturated carbocycles. The molecule has 150 valence electrons. The summed E-state index contributed by atoms with van der Waals surface area (Å²) in [7, 11) is 0. The zero-order chi connectivity index (χ0) is 21.0. The van der Waals surface area contributed by atoms with Gasteiger partial charge in [-0.25, -0.2) is 9.36 Å². The zero-order valence-electron chi connectivity index (χ0n) is 16.3. The SMILES string of the molecule is O=C(Nc1cc(-c2ccccc2)nn1-c1ccccc1)c1cccc(-n2cnnn2)c1. The molecule has 0 aliphatic rings. The number of aromatic nitrogens is 6. The fourth-order valence-electron chi connectivity index (χ4n) is 3.24. The molecule has 31 heavy (non-hydrogen) atoms. The molecule has 1 N–H and O–H groups in total. The Bertz CT molecular complexity index is 1310. The van der Waals surface area contributed by atoms with E-state index < -0.39 is 0 Å². The van der Waals surface area contributed by atoms with E-state index in [1.165, 1.54) is 11.0 Å². The maximum Gasteiger partial charge on any atom is 0.256 e. The Kier molecular flexibility index (Phi) is 4.78. The van der Waals surface area contributed by atoms with E-state index in [9.17, 15) is 4.79 Å². The highest BCUT2D eigenvalue weighted by Crippen LogP contribution is 2.25. The van der Waals surface area contributed by atoms with Crippen molar-refractivity contribution in [2.75, 3.05) is 5.32 Å². The molecule has 0 fully saturated rings. The average Bonchev–Trinajstić information content (AvgIpc) is 3.51. The van der Waals surface area contributed by atoms with Crippen molar-refractivity contribution in [1.82, 2.24) is 30.0 Å². The van der Waals surface area contributed by atoms with Gasteiger partial charge in [-0.15, -0.1) is 5.10 Å². The van der Waals surface area contributed by atoms with E-state index in [0.717, 1.165) is 16.9 Å². The summed E-state index contributed by atoms with van der Waals surface area (Å²) in [5.74, 6) is 0.314. The number of carbonyl (C=O) groups is 1. The predicted octanol–water partition coefficient (Wildman–Crippen LogP) is 3.77. The number of hydrogen-bond donors (Lipinski definition) is 1. The molecule has 5 aromatic rings. The van der Waals surface area contributed by atoms with Crippen LogP contribution < -0.4 is 5.32 Å². The van der Waals surface area contributed by atoms with E-state index in [1.807, 2.05) is 72.8 Å². The van der Waals surface area contributed by atoms with Gasteiger partial charge in [-0.2, -0.15) is 5.10 Å². The molecule has 0 unspecified atom stereocenters. The van der Waals surface area contributed by atoms with Crippen LogP contribution in [0.15, 0.2) is 97.3 Å². The minimum atomic E-state index is -0.258. The first-order valence-corrected chi connectivity index (χ1v) is 9.64. The Morgan fingerprint density at radius 1 is 0.806 bits per heavy atom. The van der Waals surface area contributed by atoms with Crippen LogP contribution in [0.3, 0.4) is 0 Å². The third-order valence-corrected chi connectivity index (χ3v) is 4.74. The lowest BCUT2D eigenvalue weighted by molar-refractivity contribution is 0.102. The summed E-state index contributed by atoms with van der Waals surface area (Å²) in [6, 6.07) is 28.5. The number of carbonyl (C=O) groups excluding carboxylic acids is 1. The second-order valence-electron chi connectivity index (χ2n) is 6.79. The van der Waals surface area contributed by atoms with Crippen LogP contribution in [0.4, 0.5) is 5.82 Å². The molecule has 2 heterocycles. The van der Waals surface area contributed by atoms with Crippen LogP contribution in [-0.4, -0.2) is 35.9 Å². The van der Waals surface area contributed by atoms with Gasteiger partial charge in [0.15, 0.2) is 0 Å². The first kappa shape index (κ1) is 18.4. The number of para-hydroxylation sites is 1. The summed E-state index contributed by atoms with van der Waals surface area (Å²) in [6.45, 7) is 0. The molecular weight excluding hydrogens is 390 g/mol. The molecule has 0 aliphatic carbocycles. The predicted molar refractivity (Wildman–Crippen MR) is 116 cm³/mol. The number of nitrogens with zero attached hydrogens (tertiary/aromatic N) is 6. The van der Waals surface area contributed by atoms with Gasteiger partial charge in [0.05, 0.1) is 17.1 Å². The zero-order valence-corrected chi connectivity index (χ0v) is 16.3. The summed E-state index contributed by atoms with van der Waals surface area (Å²) < 4.78 is 3.23. The van der Waals surface area contributed by atoms with Crippen molar-refractivity contribution in [3.63, 3.8) is 0 Å². The molecular formula is C23H17N7O. The van der Waals surface area contributed by atoms with Crippen molar-refractivity contribution in [3.8, 4) is 22.6 Å². The van der Waals surface area contributed by atoms with Crippen molar-refractivity contribution in [1.29, 1.82) is 0 Å². The van der Waals surface area contributed by atoms with E-state index in [0.29, 0.717) is 17.1 Å². The van der Waals surface area contributed by atoms with Gasteiger partial charge in [0.2, 0.25) is 0 Å². The van der Waals surface area contributed by atoms with Crippen molar-refractivity contribution in [3.05, 3.63) is 103 Å². The maximum atomic E-state index is 13.1. The fourth-order valence-corrected chi connectivity index (χ4v) is 3.24. The van der Waals surface area contributed by atoms with Crippen LogP contribution in [0.25, 0.3) is 22.6 Å². The normalized spacial score (nSPS) is 10.7. The molecule has 0 bridgehead atoms. The Hall–Kier alpha value is -4.59. The minimum absolute atomic E-state index is 0.258. The quantitative estimate of drug-likeness (QED) is 0.479. The first-order chi connectivity index (χ1) is 15.3. The number of hydrogen-bond acceptors (Lipinski definition) is 5. The molecule has 3 aromatic carbocycles. The third-order valence-electron chi connectivity index (χ3n) is 4.74. The van der Waals surface area contributed by atoms with Gasteiger partial charge in [0.1, 0.15) is 12.1 Å². The van der Waals surface area contributed by atoms with E-state index >= 15 is 0 Å². The van der Waals surface area contributed by atoms with Crippen molar-refractivity contribution in [2.24, 2.45) is 0 Å². The van der Waals surface area contributed by atoms with Crippen LogP contribution >= 0.6 is 0 Å². The molecule has 0 spiro atoms. The van der Waals surface area contributed by atoms with Gasteiger partial charge in [0.25, 0.3) is 5.91 Å². The van der Waals surface area contributed by atoms with Crippen LogP contribution in [0.5, 0.6) is 0 Å². The molecule has 0 saturated heterocycles. The molecule has 5 rings (SSSR count). The number of amides is 1. The smallest absolute Gasteiger partial charge is 0.256 e. The summed E-state index contributed by atoms with van der Waals surface area (Å²) in [5, 5.41) is 18.9. The third kappa shape index (κ3) is 3.82.